The quantitative estimate of drug-likeness (QED) is 0.504. The summed E-state index contributed by atoms with van der Waals surface area (Å²) < 4.78 is 40.8. The van der Waals surface area contributed by atoms with Crippen molar-refractivity contribution in [1.29, 1.82) is 0 Å². The summed E-state index contributed by atoms with van der Waals surface area (Å²) >= 11 is 0. The van der Waals surface area contributed by atoms with Crippen LogP contribution in [0.15, 0.2) is 48.5 Å². The number of carbonyl (C=O) groups is 3. The Morgan fingerprint density at radius 2 is 1.57 bits per heavy atom. The molecule has 1 N–H and O–H groups in total. The monoisotopic (exact) mass is 557 g/mol. The lowest BCUT2D eigenvalue weighted by Gasteiger charge is -2.34. The first kappa shape index (κ1) is 28.0. The molecule has 2 saturated heterocycles. The van der Waals surface area contributed by atoms with E-state index in [-0.39, 0.29) is 35.8 Å². The Kier molecular flexibility index (Phi) is 8.32. The van der Waals surface area contributed by atoms with Crippen molar-refractivity contribution in [3.05, 3.63) is 59.7 Å². The minimum Gasteiger partial charge on any atom is -0.406 e. The summed E-state index contributed by atoms with van der Waals surface area (Å²) in [6.45, 7) is 1.90. The van der Waals surface area contributed by atoms with Gasteiger partial charge in [-0.05, 0) is 67.0 Å². The third-order valence-electron chi connectivity index (χ3n) is 8.27. The fraction of sp³-hybridized carbons (Fsp3) is 0.500. The van der Waals surface area contributed by atoms with E-state index in [0.717, 1.165) is 44.1 Å². The van der Waals surface area contributed by atoms with Crippen molar-refractivity contribution in [2.45, 2.75) is 69.7 Å². The lowest BCUT2D eigenvalue weighted by atomic mass is 9.89. The van der Waals surface area contributed by atoms with Crippen LogP contribution >= 0.6 is 0 Å². The molecule has 0 spiro atoms. The maximum Gasteiger partial charge on any atom is 0.573 e. The smallest absolute Gasteiger partial charge is 0.406 e. The highest BCUT2D eigenvalue weighted by molar-refractivity contribution is 5.92. The van der Waals surface area contributed by atoms with Crippen LogP contribution in [0, 0.1) is 5.92 Å². The minimum absolute atomic E-state index is 0.0194. The van der Waals surface area contributed by atoms with E-state index in [9.17, 15) is 27.6 Å². The van der Waals surface area contributed by atoms with Crippen LogP contribution in [0.5, 0.6) is 5.75 Å². The maximum atomic E-state index is 13.2. The molecular formula is C30H34F3N3O4. The van der Waals surface area contributed by atoms with Gasteiger partial charge in [-0.3, -0.25) is 14.4 Å². The highest BCUT2D eigenvalue weighted by Crippen LogP contribution is 2.33. The Hall–Kier alpha value is -3.56. The number of amides is 3. The topological polar surface area (TPSA) is 79.0 Å². The van der Waals surface area contributed by atoms with Crippen LogP contribution in [0.25, 0.3) is 0 Å². The molecule has 1 saturated carbocycles. The summed E-state index contributed by atoms with van der Waals surface area (Å²) in [6, 6.07) is 13.2. The third kappa shape index (κ3) is 6.95. The van der Waals surface area contributed by atoms with Crippen LogP contribution in [0.2, 0.25) is 0 Å². The number of rotatable bonds is 7. The van der Waals surface area contributed by atoms with Crippen molar-refractivity contribution in [2.24, 2.45) is 5.92 Å². The maximum absolute atomic E-state index is 13.2. The molecule has 7 nitrogen and oxygen atoms in total. The molecule has 5 rings (SSSR count). The second-order valence-corrected chi connectivity index (χ2v) is 11.0. The summed E-state index contributed by atoms with van der Waals surface area (Å²) in [5.41, 5.74) is 2.35. The number of likely N-dealkylation sites (tertiary alicyclic amines) is 2. The van der Waals surface area contributed by atoms with Crippen LogP contribution in [-0.2, 0) is 20.8 Å². The van der Waals surface area contributed by atoms with Crippen molar-refractivity contribution in [1.82, 2.24) is 9.80 Å². The van der Waals surface area contributed by atoms with Gasteiger partial charge in [-0.2, -0.15) is 0 Å². The van der Waals surface area contributed by atoms with Gasteiger partial charge < -0.3 is 19.9 Å². The number of piperidine rings is 1. The van der Waals surface area contributed by atoms with E-state index in [0.29, 0.717) is 49.3 Å². The zero-order valence-corrected chi connectivity index (χ0v) is 22.3. The van der Waals surface area contributed by atoms with Crippen molar-refractivity contribution >= 4 is 23.4 Å². The summed E-state index contributed by atoms with van der Waals surface area (Å²) in [4.78, 5) is 42.0. The van der Waals surface area contributed by atoms with Crippen LogP contribution < -0.4 is 10.1 Å². The number of ether oxygens (including phenoxy) is 1. The summed E-state index contributed by atoms with van der Waals surface area (Å²) in [5, 5.41) is 2.82. The van der Waals surface area contributed by atoms with Gasteiger partial charge in [0.05, 0.1) is 12.3 Å². The molecule has 1 unspecified atom stereocenters. The average molecular weight is 558 g/mol. The van der Waals surface area contributed by atoms with Crippen LogP contribution in [0.3, 0.4) is 0 Å². The fourth-order valence-corrected chi connectivity index (χ4v) is 6.20. The molecule has 3 aliphatic rings. The number of hydrogen-bond acceptors (Lipinski definition) is 4. The van der Waals surface area contributed by atoms with E-state index in [1.807, 2.05) is 34.1 Å². The molecule has 2 aromatic rings. The molecule has 0 aromatic heterocycles. The zero-order valence-electron chi connectivity index (χ0n) is 22.3. The van der Waals surface area contributed by atoms with Gasteiger partial charge in [-0.15, -0.1) is 13.2 Å². The minimum atomic E-state index is -4.76. The molecule has 2 heterocycles. The van der Waals surface area contributed by atoms with Crippen LogP contribution in [-0.4, -0.2) is 59.6 Å². The Morgan fingerprint density at radius 1 is 0.925 bits per heavy atom. The van der Waals surface area contributed by atoms with E-state index in [2.05, 4.69) is 10.1 Å². The first-order chi connectivity index (χ1) is 19.1. The SMILES string of the molecule is O=C(Cc1ccc(OC(F)(F)F)cc1)Nc1ccc(C2CCN(C(=O)C3CC(=O)N(C4CCCC4)C3)CC2)cc1. The second-order valence-electron chi connectivity index (χ2n) is 11.0. The average Bonchev–Trinajstić information content (AvgIpc) is 3.59. The van der Waals surface area contributed by atoms with Gasteiger partial charge in [0.1, 0.15) is 5.75 Å². The lowest BCUT2D eigenvalue weighted by molar-refractivity contribution is -0.274. The van der Waals surface area contributed by atoms with E-state index in [1.165, 1.54) is 24.3 Å². The normalized spacial score (nSPS) is 20.7. The molecule has 3 amide bonds. The standard InChI is InChI=1S/C30H34F3N3O4/c31-30(32,33)40-26-11-5-20(6-12-26)17-27(37)34-24-9-7-21(8-10-24)22-13-15-35(16-14-22)29(39)23-18-28(38)36(19-23)25-3-1-2-4-25/h5-12,22-23,25H,1-4,13-19H2,(H,34,37). The number of benzene rings is 2. The van der Waals surface area contributed by atoms with Gasteiger partial charge in [0.2, 0.25) is 17.7 Å². The van der Waals surface area contributed by atoms with Crippen molar-refractivity contribution in [2.75, 3.05) is 25.0 Å². The highest BCUT2D eigenvalue weighted by atomic mass is 19.4. The summed E-state index contributed by atoms with van der Waals surface area (Å²) in [7, 11) is 0. The van der Waals surface area contributed by atoms with Crippen LogP contribution in [0.4, 0.5) is 18.9 Å². The summed E-state index contributed by atoms with van der Waals surface area (Å²) in [5.74, 6) is -0.290. The Morgan fingerprint density at radius 3 is 2.20 bits per heavy atom. The van der Waals surface area contributed by atoms with Gasteiger partial charge in [0.15, 0.2) is 0 Å². The number of alkyl halides is 3. The third-order valence-corrected chi connectivity index (χ3v) is 8.27. The van der Waals surface area contributed by atoms with E-state index < -0.39 is 6.36 Å². The lowest BCUT2D eigenvalue weighted by Crippen LogP contribution is -2.42. The zero-order chi connectivity index (χ0) is 28.3. The fourth-order valence-electron chi connectivity index (χ4n) is 6.20. The number of hydrogen-bond donors (Lipinski definition) is 1. The van der Waals surface area contributed by atoms with E-state index in [4.69, 9.17) is 0 Å². The van der Waals surface area contributed by atoms with Gasteiger partial charge in [0, 0.05) is 37.8 Å². The first-order valence-corrected chi connectivity index (χ1v) is 14.0. The molecule has 10 heteroatoms. The van der Waals surface area contributed by atoms with Gasteiger partial charge in [-0.25, -0.2) is 0 Å². The molecule has 1 aliphatic carbocycles. The summed E-state index contributed by atoms with van der Waals surface area (Å²) in [6.07, 6.45) is 1.72. The van der Waals surface area contributed by atoms with Crippen molar-refractivity contribution in [3.63, 3.8) is 0 Å². The Balaban J connectivity index is 1.07. The number of halogens is 3. The van der Waals surface area contributed by atoms with Gasteiger partial charge in [0.25, 0.3) is 0 Å². The predicted molar refractivity (Wildman–Crippen MR) is 143 cm³/mol. The number of carbonyl (C=O) groups excluding carboxylic acids is 3. The molecule has 1 atom stereocenters. The molecule has 2 aliphatic heterocycles. The molecule has 40 heavy (non-hydrogen) atoms. The second kappa shape index (κ2) is 11.9. The van der Waals surface area contributed by atoms with Gasteiger partial charge in [-0.1, -0.05) is 37.1 Å². The Bertz CT molecular complexity index is 1200. The number of nitrogens with zero attached hydrogens (tertiary/aromatic N) is 2. The molecular weight excluding hydrogens is 523 g/mol. The molecule has 214 valence electrons. The number of anilines is 1. The van der Waals surface area contributed by atoms with Crippen molar-refractivity contribution in [3.8, 4) is 5.75 Å². The predicted octanol–water partition coefficient (Wildman–Crippen LogP) is 5.26. The number of nitrogens with one attached hydrogen (secondary N) is 1. The molecule has 3 fully saturated rings. The Labute approximate surface area is 231 Å². The van der Waals surface area contributed by atoms with Gasteiger partial charge >= 0.3 is 6.36 Å². The molecule has 0 bridgehead atoms. The first-order valence-electron chi connectivity index (χ1n) is 14.0. The van der Waals surface area contributed by atoms with E-state index >= 15 is 0 Å². The molecule has 0 radical (unpaired) electrons. The highest BCUT2D eigenvalue weighted by Gasteiger charge is 2.40. The van der Waals surface area contributed by atoms with Crippen molar-refractivity contribution < 1.29 is 32.3 Å². The van der Waals surface area contributed by atoms with E-state index in [1.54, 1.807) is 0 Å². The largest absolute Gasteiger partial charge is 0.573 e. The molecule has 2 aromatic carbocycles. The van der Waals surface area contributed by atoms with Crippen LogP contribution in [0.1, 0.15) is 62.0 Å².